The number of benzene rings is 1. The number of halogens is 1. The molecule has 1 aliphatic rings. The molecule has 2 rings (SSSR count). The number of alkyl halides is 1. The highest BCUT2D eigenvalue weighted by Crippen LogP contribution is 2.31. The van der Waals surface area contributed by atoms with Crippen LogP contribution in [-0.2, 0) is 5.12 Å². The summed E-state index contributed by atoms with van der Waals surface area (Å²) in [4.78, 5) is 15.4. The molecule has 0 radical (unpaired) electrons. The van der Waals surface area contributed by atoms with E-state index in [2.05, 4.69) is 10.3 Å². The van der Waals surface area contributed by atoms with Gasteiger partial charge in [0, 0.05) is 17.3 Å². The summed E-state index contributed by atoms with van der Waals surface area (Å²) in [6.45, 7) is 0. The van der Waals surface area contributed by atoms with Crippen molar-refractivity contribution in [3.8, 4) is 0 Å². The van der Waals surface area contributed by atoms with Crippen LogP contribution < -0.4 is 16.8 Å². The van der Waals surface area contributed by atoms with E-state index in [-0.39, 0.29) is 5.84 Å². The lowest BCUT2D eigenvalue weighted by Crippen LogP contribution is -2.38. The molecule has 0 bridgehead atoms. The van der Waals surface area contributed by atoms with E-state index in [1.807, 2.05) is 0 Å². The molecule has 5 nitrogen and oxygen atoms in total. The van der Waals surface area contributed by atoms with Crippen molar-refractivity contribution in [1.29, 1.82) is 0 Å². The van der Waals surface area contributed by atoms with Crippen molar-refractivity contribution in [2.24, 2.45) is 16.5 Å². The van der Waals surface area contributed by atoms with Gasteiger partial charge in [-0.15, -0.1) is 0 Å². The van der Waals surface area contributed by atoms with Crippen LogP contribution in [0.1, 0.15) is 15.9 Å². The number of amides is 1. The van der Waals surface area contributed by atoms with Gasteiger partial charge in [-0.1, -0.05) is 29.8 Å². The zero-order valence-corrected chi connectivity index (χ0v) is 9.61. The van der Waals surface area contributed by atoms with Crippen LogP contribution in [0.5, 0.6) is 0 Å². The Bertz CT molecular complexity index is 526. The quantitative estimate of drug-likeness (QED) is 0.530. The van der Waals surface area contributed by atoms with Gasteiger partial charge in [-0.2, -0.15) is 0 Å². The number of aliphatic imine (C=N–C) groups is 1. The Balaban J connectivity index is 2.54. The molecule has 6 heteroatoms. The molecule has 17 heavy (non-hydrogen) atoms. The summed E-state index contributed by atoms with van der Waals surface area (Å²) < 4.78 is 0. The summed E-state index contributed by atoms with van der Waals surface area (Å²) in [5, 5.41) is 1.56. The van der Waals surface area contributed by atoms with Crippen LogP contribution in [0.15, 0.2) is 41.5 Å². The molecule has 1 aromatic carbocycles. The number of carbonyl (C=O) groups is 1. The van der Waals surface area contributed by atoms with E-state index < -0.39 is 11.0 Å². The minimum Gasteiger partial charge on any atom is -0.384 e. The van der Waals surface area contributed by atoms with Crippen molar-refractivity contribution in [3.05, 3.63) is 47.7 Å². The number of carbonyl (C=O) groups excluding carboxylic acids is 1. The van der Waals surface area contributed by atoms with E-state index in [1.54, 1.807) is 36.5 Å². The number of hydrogen-bond donors (Lipinski definition) is 3. The number of amidine groups is 1. The van der Waals surface area contributed by atoms with Crippen LogP contribution in [-0.4, -0.2) is 11.7 Å². The first kappa shape index (κ1) is 11.5. The van der Waals surface area contributed by atoms with Gasteiger partial charge in [-0.05, 0) is 12.1 Å². The largest absolute Gasteiger partial charge is 0.384 e. The fraction of sp³-hybridized carbons (Fsp3) is 0.0909. The first-order chi connectivity index (χ1) is 8.03. The molecular weight excluding hydrogens is 240 g/mol. The first-order valence-corrected chi connectivity index (χ1v) is 5.28. The predicted octanol–water partition coefficient (Wildman–Crippen LogP) is 0.609. The van der Waals surface area contributed by atoms with Crippen LogP contribution in [0.3, 0.4) is 0 Å². The van der Waals surface area contributed by atoms with E-state index in [9.17, 15) is 4.79 Å². The fourth-order valence-corrected chi connectivity index (χ4v) is 1.94. The maximum atomic E-state index is 11.3. The Hall–Kier alpha value is -2.01. The van der Waals surface area contributed by atoms with Crippen molar-refractivity contribution in [1.82, 2.24) is 5.32 Å². The number of nitrogens with one attached hydrogen (secondary N) is 1. The Morgan fingerprint density at radius 2 is 2.12 bits per heavy atom. The fourth-order valence-electron chi connectivity index (χ4n) is 1.61. The molecule has 1 atom stereocenters. The maximum Gasteiger partial charge on any atom is 0.249 e. The highest BCUT2D eigenvalue weighted by atomic mass is 35.5. The number of hydrogen-bond acceptors (Lipinski definition) is 4. The SMILES string of the molecule is NC(=O)c1ccccc1C1(Cl)N=C(N)C=CN1. The number of nitrogens with two attached hydrogens (primary N) is 2. The van der Waals surface area contributed by atoms with Crippen molar-refractivity contribution < 1.29 is 4.79 Å². The maximum absolute atomic E-state index is 11.3. The van der Waals surface area contributed by atoms with Gasteiger partial charge in [-0.25, -0.2) is 4.99 Å². The second-order valence-electron chi connectivity index (χ2n) is 3.55. The van der Waals surface area contributed by atoms with Gasteiger partial charge in [-0.3, -0.25) is 4.79 Å². The summed E-state index contributed by atoms with van der Waals surface area (Å²) in [6, 6.07) is 6.72. The molecule has 0 saturated heterocycles. The normalized spacial score (nSPS) is 22.8. The molecule has 0 fully saturated rings. The molecule has 0 aromatic heterocycles. The molecule has 1 unspecified atom stereocenters. The summed E-state index contributed by atoms with van der Waals surface area (Å²) in [5.41, 5.74) is 11.7. The predicted molar refractivity (Wildman–Crippen MR) is 66.4 cm³/mol. The third-order valence-corrected chi connectivity index (χ3v) is 2.76. The van der Waals surface area contributed by atoms with E-state index in [0.29, 0.717) is 11.1 Å². The van der Waals surface area contributed by atoms with Crippen LogP contribution in [0.2, 0.25) is 0 Å². The topological polar surface area (TPSA) is 93.5 Å². The van der Waals surface area contributed by atoms with Crippen molar-refractivity contribution in [2.75, 3.05) is 0 Å². The molecule has 1 aliphatic heterocycles. The minimum absolute atomic E-state index is 0.276. The molecule has 0 saturated carbocycles. The smallest absolute Gasteiger partial charge is 0.249 e. The van der Waals surface area contributed by atoms with E-state index in [1.165, 1.54) is 0 Å². The average Bonchev–Trinajstić information content (AvgIpc) is 2.28. The molecule has 5 N–H and O–H groups in total. The first-order valence-electron chi connectivity index (χ1n) is 4.91. The van der Waals surface area contributed by atoms with Crippen LogP contribution in [0.25, 0.3) is 0 Å². The lowest BCUT2D eigenvalue weighted by Gasteiger charge is -2.27. The third-order valence-electron chi connectivity index (χ3n) is 2.36. The Morgan fingerprint density at radius 3 is 2.76 bits per heavy atom. The third kappa shape index (κ3) is 2.09. The van der Waals surface area contributed by atoms with Gasteiger partial charge >= 0.3 is 0 Å². The van der Waals surface area contributed by atoms with Gasteiger partial charge in [0.15, 0.2) is 0 Å². The Morgan fingerprint density at radius 1 is 1.41 bits per heavy atom. The Kier molecular flexibility index (Phi) is 2.77. The van der Waals surface area contributed by atoms with Crippen molar-refractivity contribution in [3.63, 3.8) is 0 Å². The van der Waals surface area contributed by atoms with E-state index in [0.717, 1.165) is 0 Å². The summed E-state index contributed by atoms with van der Waals surface area (Å²) in [5.74, 6) is -0.288. The minimum atomic E-state index is -1.29. The van der Waals surface area contributed by atoms with Crippen molar-refractivity contribution >= 4 is 23.3 Å². The van der Waals surface area contributed by atoms with Gasteiger partial charge < -0.3 is 16.8 Å². The zero-order chi connectivity index (χ0) is 12.5. The lowest BCUT2D eigenvalue weighted by atomic mass is 10.0. The highest BCUT2D eigenvalue weighted by Gasteiger charge is 2.32. The number of nitrogens with zero attached hydrogens (tertiary/aromatic N) is 1. The van der Waals surface area contributed by atoms with E-state index >= 15 is 0 Å². The molecule has 88 valence electrons. The van der Waals surface area contributed by atoms with Gasteiger partial charge in [0.25, 0.3) is 0 Å². The van der Waals surface area contributed by atoms with Crippen LogP contribution in [0.4, 0.5) is 0 Å². The number of primary amides is 1. The summed E-state index contributed by atoms with van der Waals surface area (Å²) >= 11 is 6.31. The average molecular weight is 251 g/mol. The van der Waals surface area contributed by atoms with Gasteiger partial charge in [0.1, 0.15) is 5.84 Å². The Labute approximate surface area is 103 Å². The molecular formula is C11H11ClN4O. The van der Waals surface area contributed by atoms with Crippen molar-refractivity contribution in [2.45, 2.75) is 5.12 Å². The molecule has 0 aliphatic carbocycles. The molecule has 1 heterocycles. The van der Waals surface area contributed by atoms with E-state index in [4.69, 9.17) is 23.1 Å². The van der Waals surface area contributed by atoms with Crippen LogP contribution >= 0.6 is 11.6 Å². The molecule has 1 amide bonds. The standard InChI is InChI=1S/C11H11ClN4O/c12-11(15-6-5-9(13)16-11)8-4-2-1-3-7(8)10(14)17/h1-6,15H,(H2,13,16)(H2,14,17). The number of rotatable bonds is 2. The molecule has 1 aromatic rings. The summed E-state index contributed by atoms with van der Waals surface area (Å²) in [6.07, 6.45) is 3.15. The zero-order valence-electron chi connectivity index (χ0n) is 8.85. The van der Waals surface area contributed by atoms with Gasteiger partial charge in [0.2, 0.25) is 11.0 Å². The second kappa shape index (κ2) is 4.10. The van der Waals surface area contributed by atoms with Gasteiger partial charge in [0.05, 0.1) is 0 Å². The monoisotopic (exact) mass is 250 g/mol. The highest BCUT2D eigenvalue weighted by molar-refractivity contribution is 6.25. The second-order valence-corrected chi connectivity index (χ2v) is 4.09. The van der Waals surface area contributed by atoms with Crippen LogP contribution in [0, 0.1) is 0 Å². The summed E-state index contributed by atoms with van der Waals surface area (Å²) in [7, 11) is 0. The molecule has 0 spiro atoms. The lowest BCUT2D eigenvalue weighted by molar-refractivity contribution is 0.0998.